The molecule has 0 bridgehead atoms. The molecule has 2 heterocycles. The fraction of sp³-hybridized carbons (Fsp3) is 0.286. The van der Waals surface area contributed by atoms with Crippen LogP contribution in [0.2, 0.25) is 0 Å². The van der Waals surface area contributed by atoms with E-state index in [1.807, 2.05) is 0 Å². The van der Waals surface area contributed by atoms with Crippen molar-refractivity contribution in [2.45, 2.75) is 6.04 Å². The Bertz CT molecular complexity index is 772. The number of likely N-dealkylation sites (N-methyl/N-ethyl adjacent to an activating group) is 1. The summed E-state index contributed by atoms with van der Waals surface area (Å²) < 4.78 is 0.945. The number of thiazole rings is 1. The van der Waals surface area contributed by atoms with E-state index in [0.717, 1.165) is 9.60 Å². The number of benzene rings is 1. The van der Waals surface area contributed by atoms with Gasteiger partial charge in [0.2, 0.25) is 5.91 Å². The van der Waals surface area contributed by atoms with Crippen LogP contribution in [0.25, 0.3) is 10.2 Å². The van der Waals surface area contributed by atoms with E-state index < -0.39 is 17.9 Å². The van der Waals surface area contributed by atoms with Gasteiger partial charge in [-0.2, -0.15) is 0 Å². The molecule has 0 radical (unpaired) electrons. The summed E-state index contributed by atoms with van der Waals surface area (Å²) in [6.07, 6.45) is 0. The molecule has 2 amide bonds. The number of amides is 2. The Kier molecular flexibility index (Phi) is 3.53. The van der Waals surface area contributed by atoms with Crippen molar-refractivity contribution in [2.75, 3.05) is 20.1 Å². The van der Waals surface area contributed by atoms with Crippen LogP contribution in [0.3, 0.4) is 0 Å². The minimum Gasteiger partial charge on any atom is -0.480 e. The Labute approximate surface area is 129 Å². The third kappa shape index (κ3) is 2.41. The van der Waals surface area contributed by atoms with E-state index in [0.29, 0.717) is 11.1 Å². The van der Waals surface area contributed by atoms with Gasteiger partial charge in [0.1, 0.15) is 12.6 Å². The summed E-state index contributed by atoms with van der Waals surface area (Å²) >= 11 is 1.46. The number of carbonyl (C=O) groups excluding carboxylic acids is 2. The number of carbonyl (C=O) groups is 3. The molecule has 1 fully saturated rings. The van der Waals surface area contributed by atoms with Gasteiger partial charge in [-0.3, -0.25) is 9.59 Å². The summed E-state index contributed by atoms with van der Waals surface area (Å²) in [5, 5.41) is 9.30. The van der Waals surface area contributed by atoms with Crippen molar-refractivity contribution in [3.05, 3.63) is 29.3 Å². The Morgan fingerprint density at radius 1 is 1.41 bits per heavy atom. The van der Waals surface area contributed by atoms with Crippen LogP contribution in [0.5, 0.6) is 0 Å². The highest BCUT2D eigenvalue weighted by Gasteiger charge is 2.38. The molecule has 0 saturated carbocycles. The topological polar surface area (TPSA) is 90.8 Å². The summed E-state index contributed by atoms with van der Waals surface area (Å²) in [6, 6.07) is 3.98. The van der Waals surface area contributed by atoms with Crippen LogP contribution < -0.4 is 0 Å². The Morgan fingerprint density at radius 2 is 2.18 bits per heavy atom. The fourth-order valence-corrected chi connectivity index (χ4v) is 3.08. The van der Waals surface area contributed by atoms with Gasteiger partial charge in [0.15, 0.2) is 0 Å². The lowest BCUT2D eigenvalue weighted by atomic mass is 10.1. The number of aliphatic carboxylic acids is 1. The highest BCUT2D eigenvalue weighted by molar-refractivity contribution is 7.16. The van der Waals surface area contributed by atoms with Gasteiger partial charge in [-0.15, -0.1) is 11.3 Å². The van der Waals surface area contributed by atoms with Crippen molar-refractivity contribution in [3.8, 4) is 0 Å². The average Bonchev–Trinajstić information content (AvgIpc) is 2.96. The number of aromatic nitrogens is 1. The second-order valence-electron chi connectivity index (χ2n) is 5.10. The molecule has 0 aliphatic carbocycles. The lowest BCUT2D eigenvalue weighted by molar-refractivity contribution is -0.149. The Hall–Kier alpha value is -2.48. The first-order valence-corrected chi connectivity index (χ1v) is 7.46. The zero-order chi connectivity index (χ0) is 15.9. The van der Waals surface area contributed by atoms with E-state index in [1.165, 1.54) is 23.3 Å². The monoisotopic (exact) mass is 319 g/mol. The first-order valence-electron chi connectivity index (χ1n) is 6.58. The van der Waals surface area contributed by atoms with E-state index in [9.17, 15) is 19.5 Å². The van der Waals surface area contributed by atoms with E-state index in [1.54, 1.807) is 23.7 Å². The molecule has 22 heavy (non-hydrogen) atoms. The van der Waals surface area contributed by atoms with Gasteiger partial charge < -0.3 is 14.9 Å². The number of nitrogens with zero attached hydrogens (tertiary/aromatic N) is 3. The summed E-state index contributed by atoms with van der Waals surface area (Å²) in [7, 11) is 1.53. The average molecular weight is 319 g/mol. The third-order valence-corrected chi connectivity index (χ3v) is 4.49. The smallest absolute Gasteiger partial charge is 0.328 e. The van der Waals surface area contributed by atoms with Gasteiger partial charge in [-0.05, 0) is 18.2 Å². The van der Waals surface area contributed by atoms with Crippen LogP contribution in [-0.2, 0) is 9.59 Å². The van der Waals surface area contributed by atoms with Gasteiger partial charge in [-0.1, -0.05) is 0 Å². The van der Waals surface area contributed by atoms with E-state index in [2.05, 4.69) is 4.98 Å². The maximum atomic E-state index is 12.6. The molecule has 1 aliphatic heterocycles. The van der Waals surface area contributed by atoms with E-state index >= 15 is 0 Å². The fourth-order valence-electron chi connectivity index (χ4n) is 2.42. The molecule has 3 rings (SSSR count). The lowest BCUT2D eigenvalue weighted by Gasteiger charge is -2.37. The lowest BCUT2D eigenvalue weighted by Crippen LogP contribution is -2.59. The number of piperazine rings is 1. The van der Waals surface area contributed by atoms with E-state index in [4.69, 9.17) is 0 Å². The first kappa shape index (κ1) is 14.5. The summed E-state index contributed by atoms with van der Waals surface area (Å²) in [5.74, 6) is -1.87. The number of hydrogen-bond donors (Lipinski definition) is 1. The second kappa shape index (κ2) is 5.38. The molecule has 1 saturated heterocycles. The quantitative estimate of drug-likeness (QED) is 0.878. The van der Waals surface area contributed by atoms with Crippen molar-refractivity contribution < 1.29 is 19.5 Å². The van der Waals surface area contributed by atoms with Crippen molar-refractivity contribution in [1.82, 2.24) is 14.8 Å². The number of hydrogen-bond acceptors (Lipinski definition) is 5. The summed E-state index contributed by atoms with van der Waals surface area (Å²) in [6.45, 7) is -0.250. The van der Waals surface area contributed by atoms with Crippen LogP contribution in [-0.4, -0.2) is 63.9 Å². The maximum absolute atomic E-state index is 12.6. The van der Waals surface area contributed by atoms with Crippen LogP contribution in [0, 0.1) is 0 Å². The third-order valence-electron chi connectivity index (χ3n) is 3.68. The van der Waals surface area contributed by atoms with Crippen LogP contribution in [0.15, 0.2) is 23.7 Å². The van der Waals surface area contributed by atoms with Crippen molar-refractivity contribution >= 4 is 39.3 Å². The highest BCUT2D eigenvalue weighted by Crippen LogP contribution is 2.21. The van der Waals surface area contributed by atoms with Gasteiger partial charge in [0, 0.05) is 12.6 Å². The minimum atomic E-state index is -1.12. The predicted octanol–water partition coefficient (Wildman–Crippen LogP) is 0.664. The molecule has 1 aromatic heterocycles. The molecule has 1 N–H and O–H groups in total. The van der Waals surface area contributed by atoms with Gasteiger partial charge in [-0.25, -0.2) is 9.78 Å². The molecule has 1 aromatic carbocycles. The predicted molar refractivity (Wildman–Crippen MR) is 79.7 cm³/mol. The molecule has 1 aliphatic rings. The highest BCUT2D eigenvalue weighted by atomic mass is 32.1. The molecule has 0 spiro atoms. The Morgan fingerprint density at radius 3 is 2.91 bits per heavy atom. The largest absolute Gasteiger partial charge is 0.480 e. The van der Waals surface area contributed by atoms with Crippen molar-refractivity contribution in [1.29, 1.82) is 0 Å². The number of carboxylic acids is 1. The molecule has 8 heteroatoms. The molecule has 1 atom stereocenters. The number of rotatable bonds is 2. The zero-order valence-corrected chi connectivity index (χ0v) is 12.5. The molecule has 114 valence electrons. The Balaban J connectivity index is 1.94. The molecule has 2 aromatic rings. The maximum Gasteiger partial charge on any atom is 0.328 e. The van der Waals surface area contributed by atoms with Gasteiger partial charge in [0.25, 0.3) is 5.91 Å². The van der Waals surface area contributed by atoms with Crippen LogP contribution in [0.1, 0.15) is 10.4 Å². The van der Waals surface area contributed by atoms with Gasteiger partial charge in [0.05, 0.1) is 22.3 Å². The SMILES string of the molecule is CN1CC(C(=O)O)N(C(=O)c2ccc3scnc3c2)CC1=O. The normalized spacial score (nSPS) is 18.8. The van der Waals surface area contributed by atoms with E-state index in [-0.39, 0.29) is 19.0 Å². The van der Waals surface area contributed by atoms with Gasteiger partial charge >= 0.3 is 5.97 Å². The second-order valence-corrected chi connectivity index (χ2v) is 5.98. The zero-order valence-electron chi connectivity index (χ0n) is 11.7. The molecule has 7 nitrogen and oxygen atoms in total. The summed E-state index contributed by atoms with van der Waals surface area (Å²) in [5.41, 5.74) is 2.70. The number of carboxylic acid groups (broad SMARTS) is 1. The standard InChI is InChI=1S/C14H13N3O4S/c1-16-5-10(14(20)21)17(6-12(16)18)13(19)8-2-3-11-9(4-8)15-7-22-11/h2-4,7,10H,5-6H2,1H3,(H,20,21). The minimum absolute atomic E-state index is 0.0150. The molecule has 1 unspecified atom stereocenters. The molecular weight excluding hydrogens is 306 g/mol. The van der Waals surface area contributed by atoms with Crippen molar-refractivity contribution in [2.24, 2.45) is 0 Å². The first-order chi connectivity index (χ1) is 10.5. The van der Waals surface area contributed by atoms with Crippen LogP contribution in [0.4, 0.5) is 0 Å². The molecular formula is C14H13N3O4S. The summed E-state index contributed by atoms with van der Waals surface area (Å²) in [4.78, 5) is 42.4. The van der Waals surface area contributed by atoms with Crippen LogP contribution >= 0.6 is 11.3 Å². The van der Waals surface area contributed by atoms with Crippen molar-refractivity contribution in [3.63, 3.8) is 0 Å². The number of fused-ring (bicyclic) bond motifs is 1.